The molecule has 3 nitrogen and oxygen atoms in total. The van der Waals surface area contributed by atoms with E-state index in [0.29, 0.717) is 0 Å². The first-order valence-corrected chi connectivity index (χ1v) is 8.67. The van der Waals surface area contributed by atoms with Gasteiger partial charge in [0.05, 0.1) is 5.52 Å². The Morgan fingerprint density at radius 1 is 0.875 bits per heavy atom. The monoisotopic (exact) mass is 317 g/mol. The van der Waals surface area contributed by atoms with Crippen LogP contribution in [0.3, 0.4) is 0 Å². The molecule has 1 aliphatic rings. The van der Waals surface area contributed by atoms with Gasteiger partial charge >= 0.3 is 0 Å². The topological polar surface area (TPSA) is 19.4 Å². The molecule has 0 N–H and O–H groups in total. The SMILES string of the molecule is Cc1cc(N2CCN(Cc3ccccc3)CC2)nc2ccccc12. The Balaban J connectivity index is 1.46. The maximum atomic E-state index is 4.88. The summed E-state index contributed by atoms with van der Waals surface area (Å²) < 4.78 is 0. The molecular weight excluding hydrogens is 294 g/mol. The van der Waals surface area contributed by atoms with Crippen LogP contribution in [-0.2, 0) is 6.54 Å². The largest absolute Gasteiger partial charge is 0.354 e. The van der Waals surface area contributed by atoms with Crippen molar-refractivity contribution < 1.29 is 0 Å². The van der Waals surface area contributed by atoms with Crippen LogP contribution in [0.2, 0.25) is 0 Å². The van der Waals surface area contributed by atoms with E-state index in [4.69, 9.17) is 4.98 Å². The molecule has 1 aromatic heterocycles. The lowest BCUT2D eigenvalue weighted by atomic mass is 10.1. The van der Waals surface area contributed by atoms with Gasteiger partial charge < -0.3 is 4.90 Å². The summed E-state index contributed by atoms with van der Waals surface area (Å²) in [5.41, 5.74) is 3.80. The molecular formula is C21H23N3. The fourth-order valence-corrected chi connectivity index (χ4v) is 3.47. The molecule has 4 rings (SSSR count). The van der Waals surface area contributed by atoms with Crippen molar-refractivity contribution in [1.82, 2.24) is 9.88 Å². The van der Waals surface area contributed by atoms with Gasteiger partial charge in [-0.1, -0.05) is 48.5 Å². The van der Waals surface area contributed by atoms with Gasteiger partial charge in [-0.05, 0) is 30.2 Å². The summed E-state index contributed by atoms with van der Waals surface area (Å²) in [5.74, 6) is 1.12. The summed E-state index contributed by atoms with van der Waals surface area (Å²) in [6.07, 6.45) is 0. The molecule has 3 aromatic rings. The van der Waals surface area contributed by atoms with E-state index in [1.807, 2.05) is 0 Å². The molecule has 0 amide bonds. The van der Waals surface area contributed by atoms with Gasteiger partial charge in [0.1, 0.15) is 5.82 Å². The normalized spacial score (nSPS) is 15.8. The third-order valence-corrected chi connectivity index (χ3v) is 4.85. The number of piperazine rings is 1. The quantitative estimate of drug-likeness (QED) is 0.731. The second-order valence-electron chi connectivity index (χ2n) is 6.56. The molecule has 0 bridgehead atoms. The molecule has 122 valence electrons. The number of fused-ring (bicyclic) bond motifs is 1. The van der Waals surface area contributed by atoms with Crippen molar-refractivity contribution in [3.8, 4) is 0 Å². The lowest BCUT2D eigenvalue weighted by Crippen LogP contribution is -2.46. The number of nitrogens with zero attached hydrogens (tertiary/aromatic N) is 3. The molecule has 0 unspecified atom stereocenters. The van der Waals surface area contributed by atoms with E-state index in [2.05, 4.69) is 77.4 Å². The van der Waals surface area contributed by atoms with Crippen LogP contribution in [0.15, 0.2) is 60.7 Å². The van der Waals surface area contributed by atoms with Crippen LogP contribution in [0.1, 0.15) is 11.1 Å². The zero-order valence-electron chi connectivity index (χ0n) is 14.2. The van der Waals surface area contributed by atoms with Gasteiger partial charge in [-0.2, -0.15) is 0 Å². The van der Waals surface area contributed by atoms with Gasteiger partial charge in [0.15, 0.2) is 0 Å². The second-order valence-corrected chi connectivity index (χ2v) is 6.56. The average Bonchev–Trinajstić information content (AvgIpc) is 2.63. The zero-order chi connectivity index (χ0) is 16.4. The molecule has 1 saturated heterocycles. The number of benzene rings is 2. The summed E-state index contributed by atoms with van der Waals surface area (Å²) >= 11 is 0. The Labute approximate surface area is 143 Å². The van der Waals surface area contributed by atoms with Gasteiger partial charge in [0.2, 0.25) is 0 Å². The Morgan fingerprint density at radius 3 is 2.38 bits per heavy atom. The van der Waals surface area contributed by atoms with Crippen LogP contribution in [0.4, 0.5) is 5.82 Å². The molecule has 2 aromatic carbocycles. The lowest BCUT2D eigenvalue weighted by Gasteiger charge is -2.35. The summed E-state index contributed by atoms with van der Waals surface area (Å²) in [4.78, 5) is 9.82. The van der Waals surface area contributed by atoms with Gasteiger partial charge in [0.25, 0.3) is 0 Å². The second kappa shape index (κ2) is 6.62. The van der Waals surface area contributed by atoms with Gasteiger partial charge in [-0.15, -0.1) is 0 Å². The van der Waals surface area contributed by atoms with E-state index in [-0.39, 0.29) is 0 Å². The number of aryl methyl sites for hydroxylation is 1. The molecule has 1 aliphatic heterocycles. The van der Waals surface area contributed by atoms with Crippen molar-refractivity contribution in [3.05, 3.63) is 71.8 Å². The maximum absolute atomic E-state index is 4.88. The third-order valence-electron chi connectivity index (χ3n) is 4.85. The van der Waals surface area contributed by atoms with E-state index >= 15 is 0 Å². The Hall–Kier alpha value is -2.39. The van der Waals surface area contributed by atoms with E-state index < -0.39 is 0 Å². The van der Waals surface area contributed by atoms with Crippen LogP contribution in [0.25, 0.3) is 10.9 Å². The van der Waals surface area contributed by atoms with Crippen molar-refractivity contribution in [1.29, 1.82) is 0 Å². The highest BCUT2D eigenvalue weighted by Gasteiger charge is 2.18. The summed E-state index contributed by atoms with van der Waals surface area (Å²) in [5, 5.41) is 1.25. The summed E-state index contributed by atoms with van der Waals surface area (Å²) in [6, 6.07) is 21.4. The zero-order valence-corrected chi connectivity index (χ0v) is 14.2. The predicted molar refractivity (Wildman–Crippen MR) is 100 cm³/mol. The first-order valence-electron chi connectivity index (χ1n) is 8.67. The number of aromatic nitrogens is 1. The van der Waals surface area contributed by atoms with Crippen LogP contribution in [0, 0.1) is 6.92 Å². The van der Waals surface area contributed by atoms with Crippen molar-refractivity contribution in [3.63, 3.8) is 0 Å². The van der Waals surface area contributed by atoms with E-state index in [1.54, 1.807) is 0 Å². The standard InChI is InChI=1S/C21H23N3/c1-17-15-21(22-20-10-6-5-9-19(17)20)24-13-11-23(12-14-24)16-18-7-3-2-4-8-18/h2-10,15H,11-14,16H2,1H3. The highest BCUT2D eigenvalue weighted by atomic mass is 15.3. The van der Waals surface area contributed by atoms with Gasteiger partial charge in [-0.25, -0.2) is 4.98 Å². The Morgan fingerprint density at radius 2 is 1.58 bits per heavy atom. The van der Waals surface area contributed by atoms with Gasteiger partial charge in [0, 0.05) is 38.1 Å². The molecule has 0 atom stereocenters. The number of rotatable bonds is 3. The third kappa shape index (κ3) is 3.13. The first kappa shape index (κ1) is 15.2. The lowest BCUT2D eigenvalue weighted by molar-refractivity contribution is 0.249. The smallest absolute Gasteiger partial charge is 0.129 e. The predicted octanol–water partition coefficient (Wildman–Crippen LogP) is 3.87. The van der Waals surface area contributed by atoms with Crippen molar-refractivity contribution in [2.24, 2.45) is 0 Å². The Kier molecular flexibility index (Phi) is 4.18. The minimum Gasteiger partial charge on any atom is -0.354 e. The number of pyridine rings is 1. The maximum Gasteiger partial charge on any atom is 0.129 e. The summed E-state index contributed by atoms with van der Waals surface area (Å²) in [7, 11) is 0. The number of hydrogen-bond acceptors (Lipinski definition) is 3. The molecule has 0 radical (unpaired) electrons. The summed E-state index contributed by atoms with van der Waals surface area (Å²) in [6.45, 7) is 7.47. The number of hydrogen-bond donors (Lipinski definition) is 0. The number of para-hydroxylation sites is 1. The fraction of sp³-hybridized carbons (Fsp3) is 0.286. The molecule has 0 spiro atoms. The highest BCUT2D eigenvalue weighted by Crippen LogP contribution is 2.23. The van der Waals surface area contributed by atoms with Crippen molar-refractivity contribution >= 4 is 16.7 Å². The minimum atomic E-state index is 1.04. The van der Waals surface area contributed by atoms with Crippen LogP contribution in [0.5, 0.6) is 0 Å². The van der Waals surface area contributed by atoms with Crippen molar-refractivity contribution in [2.75, 3.05) is 31.1 Å². The molecule has 2 heterocycles. The van der Waals surface area contributed by atoms with Gasteiger partial charge in [-0.3, -0.25) is 4.90 Å². The van der Waals surface area contributed by atoms with E-state index in [0.717, 1.165) is 44.1 Å². The van der Waals surface area contributed by atoms with Crippen LogP contribution < -0.4 is 4.90 Å². The average molecular weight is 317 g/mol. The molecule has 0 saturated carbocycles. The Bertz CT molecular complexity index is 821. The van der Waals surface area contributed by atoms with Crippen molar-refractivity contribution in [2.45, 2.75) is 13.5 Å². The van der Waals surface area contributed by atoms with E-state index in [1.165, 1.54) is 16.5 Å². The first-order chi connectivity index (χ1) is 11.8. The molecule has 24 heavy (non-hydrogen) atoms. The number of anilines is 1. The fourth-order valence-electron chi connectivity index (χ4n) is 3.47. The highest BCUT2D eigenvalue weighted by molar-refractivity contribution is 5.83. The molecule has 3 heteroatoms. The van der Waals surface area contributed by atoms with E-state index in [9.17, 15) is 0 Å². The molecule has 0 aliphatic carbocycles. The molecule has 1 fully saturated rings. The van der Waals surface area contributed by atoms with Crippen LogP contribution in [-0.4, -0.2) is 36.1 Å². The minimum absolute atomic E-state index is 1.04. The van der Waals surface area contributed by atoms with Crippen LogP contribution >= 0.6 is 0 Å².